The van der Waals surface area contributed by atoms with Crippen molar-refractivity contribution in [3.63, 3.8) is 0 Å². The van der Waals surface area contributed by atoms with Crippen LogP contribution in [0.25, 0.3) is 34.4 Å². The Labute approximate surface area is 247 Å². The molecule has 208 valence electrons. The molecule has 0 atom stereocenters. The molecule has 0 heterocycles. The Morgan fingerprint density at radius 3 is 1.37 bits per heavy atom. The quantitative estimate of drug-likeness (QED) is 0.210. The molecule has 2 aliphatic carbocycles. The van der Waals surface area contributed by atoms with Gasteiger partial charge in [0.15, 0.2) is 0 Å². The average molecular weight is 537 g/mol. The lowest BCUT2D eigenvalue weighted by atomic mass is 9.68. The van der Waals surface area contributed by atoms with Crippen LogP contribution >= 0.6 is 0 Å². The molecule has 0 nitrogen and oxygen atoms in total. The third kappa shape index (κ3) is 4.82. The summed E-state index contributed by atoms with van der Waals surface area (Å²) < 4.78 is 0. The van der Waals surface area contributed by atoms with Crippen molar-refractivity contribution in [2.45, 2.75) is 79.1 Å². The normalized spacial score (nSPS) is 14.3. The van der Waals surface area contributed by atoms with Gasteiger partial charge in [-0.2, -0.15) is 0 Å². The SMILES string of the molecule is CCC(CC)(C1=Cc2c(cccc2-c2cccc(C(C)C)c2)C1)C1=Cc2c(cccc2-c2cccc(C(C)C)c2)C1. The second kappa shape index (κ2) is 11.0. The maximum absolute atomic E-state index is 2.57. The van der Waals surface area contributed by atoms with Crippen LogP contribution in [0.1, 0.15) is 99.6 Å². The highest BCUT2D eigenvalue weighted by Gasteiger charge is 2.39. The van der Waals surface area contributed by atoms with E-state index in [1.54, 1.807) is 11.1 Å². The van der Waals surface area contributed by atoms with E-state index in [-0.39, 0.29) is 5.41 Å². The predicted molar refractivity (Wildman–Crippen MR) is 178 cm³/mol. The molecule has 0 heteroatoms. The fourth-order valence-electron chi connectivity index (χ4n) is 7.35. The van der Waals surface area contributed by atoms with Crippen LogP contribution in [0.15, 0.2) is 96.1 Å². The van der Waals surface area contributed by atoms with Crippen LogP contribution in [0.2, 0.25) is 0 Å². The van der Waals surface area contributed by atoms with E-state index < -0.39 is 0 Å². The molecule has 0 aliphatic heterocycles. The largest absolute Gasteiger partial charge is 0.0642 e. The zero-order valence-electron chi connectivity index (χ0n) is 25.7. The summed E-state index contributed by atoms with van der Waals surface area (Å²) >= 11 is 0. The fourth-order valence-corrected chi connectivity index (χ4v) is 7.35. The first-order chi connectivity index (χ1) is 19.8. The van der Waals surface area contributed by atoms with Crippen molar-refractivity contribution in [1.82, 2.24) is 0 Å². The van der Waals surface area contributed by atoms with E-state index in [2.05, 4.69) is 139 Å². The fraction of sp³-hybridized carbons (Fsp3) is 0.317. The van der Waals surface area contributed by atoms with E-state index in [1.165, 1.54) is 55.6 Å². The van der Waals surface area contributed by atoms with Crippen LogP contribution < -0.4 is 0 Å². The predicted octanol–water partition coefficient (Wildman–Crippen LogP) is 11.7. The van der Waals surface area contributed by atoms with Crippen LogP contribution in [0, 0.1) is 5.41 Å². The Kier molecular flexibility index (Phi) is 7.37. The molecule has 0 unspecified atom stereocenters. The molecule has 41 heavy (non-hydrogen) atoms. The summed E-state index contributed by atoms with van der Waals surface area (Å²) in [5, 5.41) is 0. The van der Waals surface area contributed by atoms with E-state index in [4.69, 9.17) is 0 Å². The summed E-state index contributed by atoms with van der Waals surface area (Å²) in [6, 6.07) is 32.2. The summed E-state index contributed by atoms with van der Waals surface area (Å²) in [6.07, 6.45) is 9.48. The zero-order chi connectivity index (χ0) is 28.7. The highest BCUT2D eigenvalue weighted by molar-refractivity contribution is 5.84. The number of hydrogen-bond donors (Lipinski definition) is 0. The van der Waals surface area contributed by atoms with Crippen molar-refractivity contribution in [2.24, 2.45) is 5.41 Å². The number of hydrogen-bond acceptors (Lipinski definition) is 0. The minimum Gasteiger partial charge on any atom is -0.0642 e. The first-order valence-corrected chi connectivity index (χ1v) is 15.7. The summed E-state index contributed by atoms with van der Waals surface area (Å²) in [5.74, 6) is 1.05. The number of fused-ring (bicyclic) bond motifs is 2. The molecule has 0 N–H and O–H groups in total. The zero-order valence-corrected chi connectivity index (χ0v) is 25.7. The summed E-state index contributed by atoms with van der Waals surface area (Å²) in [7, 11) is 0. The van der Waals surface area contributed by atoms with Gasteiger partial charge < -0.3 is 0 Å². The molecule has 0 spiro atoms. The maximum Gasteiger partial charge on any atom is 0.0129 e. The van der Waals surface area contributed by atoms with E-state index in [0.29, 0.717) is 11.8 Å². The van der Waals surface area contributed by atoms with Crippen LogP contribution in [-0.2, 0) is 12.8 Å². The standard InChI is InChI=1S/C41H44/c1-7-41(8-2,35-23-33-17-11-19-37(39(33)25-35)31-15-9-13-29(21-31)27(3)4)36-24-34-18-12-20-38(40(34)26-36)32-16-10-14-30(22-32)28(5)6/h9-22,25-28H,7-8,23-24H2,1-6H3. The Bertz CT molecular complexity index is 1530. The van der Waals surface area contributed by atoms with Crippen molar-refractivity contribution in [1.29, 1.82) is 0 Å². The van der Waals surface area contributed by atoms with Crippen LogP contribution in [0.5, 0.6) is 0 Å². The molecule has 2 aliphatic rings. The lowest BCUT2D eigenvalue weighted by Gasteiger charge is -2.35. The Morgan fingerprint density at radius 2 is 0.976 bits per heavy atom. The van der Waals surface area contributed by atoms with E-state index in [9.17, 15) is 0 Å². The van der Waals surface area contributed by atoms with Crippen molar-refractivity contribution in [3.05, 3.63) is 129 Å². The molecule has 0 amide bonds. The average Bonchev–Trinajstić information content (AvgIpc) is 3.63. The van der Waals surface area contributed by atoms with Gasteiger partial charge in [0.1, 0.15) is 0 Å². The second-order valence-electron chi connectivity index (χ2n) is 12.8. The van der Waals surface area contributed by atoms with Gasteiger partial charge in [-0.3, -0.25) is 0 Å². The van der Waals surface area contributed by atoms with Crippen molar-refractivity contribution >= 4 is 12.2 Å². The first-order valence-electron chi connectivity index (χ1n) is 15.7. The molecule has 0 saturated heterocycles. The molecule has 6 rings (SSSR count). The minimum absolute atomic E-state index is 0.0755. The molecule has 0 bridgehead atoms. The summed E-state index contributed by atoms with van der Waals surface area (Å²) in [4.78, 5) is 0. The van der Waals surface area contributed by atoms with Crippen LogP contribution in [0.4, 0.5) is 0 Å². The van der Waals surface area contributed by atoms with Gasteiger partial charge >= 0.3 is 0 Å². The van der Waals surface area contributed by atoms with Gasteiger partial charge in [0.05, 0.1) is 0 Å². The molecule has 0 radical (unpaired) electrons. The maximum atomic E-state index is 2.57. The van der Waals surface area contributed by atoms with Crippen molar-refractivity contribution in [3.8, 4) is 22.3 Å². The Hall–Kier alpha value is -3.64. The second-order valence-corrected chi connectivity index (χ2v) is 12.8. The van der Waals surface area contributed by atoms with Gasteiger partial charge in [-0.05, 0) is 93.2 Å². The topological polar surface area (TPSA) is 0 Å². The number of benzene rings is 4. The third-order valence-corrected chi connectivity index (χ3v) is 9.96. The van der Waals surface area contributed by atoms with Crippen LogP contribution in [-0.4, -0.2) is 0 Å². The van der Waals surface area contributed by atoms with E-state index in [1.807, 2.05) is 0 Å². The van der Waals surface area contributed by atoms with Gasteiger partial charge in [-0.15, -0.1) is 0 Å². The lowest BCUT2D eigenvalue weighted by Crippen LogP contribution is -2.25. The highest BCUT2D eigenvalue weighted by Crippen LogP contribution is 2.52. The van der Waals surface area contributed by atoms with Gasteiger partial charge in [-0.1, -0.05) is 150 Å². The lowest BCUT2D eigenvalue weighted by molar-refractivity contribution is 0.390. The number of allylic oxidation sites excluding steroid dienone is 2. The van der Waals surface area contributed by atoms with Gasteiger partial charge in [0, 0.05) is 5.41 Å². The third-order valence-electron chi connectivity index (χ3n) is 9.96. The van der Waals surface area contributed by atoms with Gasteiger partial charge in [0.25, 0.3) is 0 Å². The van der Waals surface area contributed by atoms with Crippen LogP contribution in [0.3, 0.4) is 0 Å². The molecule has 0 fully saturated rings. The molecule has 4 aromatic carbocycles. The first kappa shape index (κ1) is 27.5. The van der Waals surface area contributed by atoms with E-state index in [0.717, 1.165) is 25.7 Å². The smallest absolute Gasteiger partial charge is 0.0129 e. The molecular formula is C41H44. The molecular weight excluding hydrogens is 492 g/mol. The number of rotatable bonds is 8. The van der Waals surface area contributed by atoms with Crippen molar-refractivity contribution < 1.29 is 0 Å². The monoisotopic (exact) mass is 536 g/mol. The minimum atomic E-state index is 0.0755. The summed E-state index contributed by atoms with van der Waals surface area (Å²) in [6.45, 7) is 13.9. The van der Waals surface area contributed by atoms with Gasteiger partial charge in [-0.25, -0.2) is 0 Å². The highest BCUT2D eigenvalue weighted by atomic mass is 14.4. The Morgan fingerprint density at radius 1 is 0.561 bits per heavy atom. The molecule has 4 aromatic rings. The van der Waals surface area contributed by atoms with E-state index >= 15 is 0 Å². The molecule has 0 saturated carbocycles. The summed E-state index contributed by atoms with van der Waals surface area (Å²) in [5.41, 5.74) is 17.3. The van der Waals surface area contributed by atoms with Crippen molar-refractivity contribution in [2.75, 3.05) is 0 Å². The van der Waals surface area contributed by atoms with Gasteiger partial charge in [0.2, 0.25) is 0 Å². The molecule has 0 aromatic heterocycles. The Balaban J connectivity index is 1.41.